The number of rotatable bonds is 4. The smallest absolute Gasteiger partial charge is 0.417 e. The van der Waals surface area contributed by atoms with Crippen molar-refractivity contribution in [3.63, 3.8) is 0 Å². The lowest BCUT2D eigenvalue weighted by Crippen LogP contribution is -2.54. The van der Waals surface area contributed by atoms with Gasteiger partial charge in [-0.1, -0.05) is 12.1 Å². The van der Waals surface area contributed by atoms with Gasteiger partial charge < -0.3 is 14.6 Å². The second-order valence-corrected chi connectivity index (χ2v) is 6.44. The average molecular weight is 357 g/mol. The lowest BCUT2D eigenvalue weighted by Gasteiger charge is -2.39. The number of likely N-dealkylation sites (tertiary alicyclic amines) is 1. The van der Waals surface area contributed by atoms with Crippen LogP contribution in [0.25, 0.3) is 11.1 Å². The molecule has 1 aromatic heterocycles. The lowest BCUT2D eigenvalue weighted by molar-refractivity contribution is -0.126. The van der Waals surface area contributed by atoms with Gasteiger partial charge in [0.25, 0.3) is 11.8 Å². The number of hydrogen-bond donors (Lipinski definition) is 1. The van der Waals surface area contributed by atoms with Gasteiger partial charge in [-0.3, -0.25) is 9.59 Å². The van der Waals surface area contributed by atoms with Crippen molar-refractivity contribution in [2.45, 2.75) is 0 Å². The van der Waals surface area contributed by atoms with Crippen molar-refractivity contribution in [2.24, 2.45) is 5.92 Å². The fraction of sp³-hybridized carbons (Fsp3) is 0.278. The van der Waals surface area contributed by atoms with Crippen LogP contribution in [0.2, 0.25) is 0 Å². The van der Waals surface area contributed by atoms with Gasteiger partial charge in [0.2, 0.25) is 0 Å². The summed E-state index contributed by atoms with van der Waals surface area (Å²) in [5.74, 6) is -0.745. The Kier molecular flexibility index (Phi) is 3.95. The first-order chi connectivity index (χ1) is 12.5. The van der Waals surface area contributed by atoms with Crippen LogP contribution in [-0.4, -0.2) is 58.9 Å². The van der Waals surface area contributed by atoms with Gasteiger partial charge in [0, 0.05) is 31.7 Å². The molecule has 0 bridgehead atoms. The lowest BCUT2D eigenvalue weighted by atomic mass is 9.99. The zero-order valence-electron chi connectivity index (χ0n) is 13.8. The molecule has 3 amide bonds. The second kappa shape index (κ2) is 6.29. The highest BCUT2D eigenvalue weighted by Crippen LogP contribution is 2.24. The van der Waals surface area contributed by atoms with Crippen LogP contribution in [0.4, 0.5) is 9.18 Å². The number of cyclic esters (lactones) is 1. The first-order valence-electron chi connectivity index (χ1n) is 8.22. The maximum Gasteiger partial charge on any atom is 0.417 e. The third-order valence-corrected chi connectivity index (χ3v) is 4.62. The molecule has 0 radical (unpaired) electrons. The van der Waals surface area contributed by atoms with Crippen LogP contribution in [0, 0.1) is 11.7 Å². The number of nitrogens with zero attached hydrogens (tertiary/aromatic N) is 2. The van der Waals surface area contributed by atoms with Gasteiger partial charge >= 0.3 is 6.09 Å². The van der Waals surface area contributed by atoms with E-state index in [9.17, 15) is 18.8 Å². The van der Waals surface area contributed by atoms with Gasteiger partial charge in [0.05, 0.1) is 0 Å². The fourth-order valence-electron chi connectivity index (χ4n) is 3.16. The van der Waals surface area contributed by atoms with E-state index in [0.717, 1.165) is 16.0 Å². The molecule has 0 saturated carbocycles. The van der Waals surface area contributed by atoms with Gasteiger partial charge in [-0.15, -0.1) is 0 Å². The molecule has 2 saturated heterocycles. The maximum atomic E-state index is 13.0. The van der Waals surface area contributed by atoms with E-state index in [0.29, 0.717) is 18.8 Å². The van der Waals surface area contributed by atoms with E-state index in [1.54, 1.807) is 29.3 Å². The van der Waals surface area contributed by atoms with E-state index in [1.165, 1.54) is 12.1 Å². The zero-order valence-corrected chi connectivity index (χ0v) is 13.8. The number of carbonyl (C=O) groups is 3. The molecule has 0 unspecified atom stereocenters. The summed E-state index contributed by atoms with van der Waals surface area (Å²) >= 11 is 0. The van der Waals surface area contributed by atoms with Crippen LogP contribution in [0.1, 0.15) is 10.5 Å². The maximum absolute atomic E-state index is 13.0. The topological polar surface area (TPSA) is 82.7 Å². The normalized spacial score (nSPS) is 17.4. The molecule has 0 spiro atoms. The third kappa shape index (κ3) is 2.94. The minimum absolute atomic E-state index is 0.0556. The molecule has 1 N–H and O–H groups in total. The number of aromatic nitrogens is 1. The van der Waals surface area contributed by atoms with Crippen LogP contribution in [-0.2, 0) is 9.53 Å². The van der Waals surface area contributed by atoms with Crippen molar-refractivity contribution < 1.29 is 23.5 Å². The molecule has 134 valence electrons. The fourth-order valence-corrected chi connectivity index (χ4v) is 3.16. The van der Waals surface area contributed by atoms with Crippen LogP contribution in [0.15, 0.2) is 36.5 Å². The van der Waals surface area contributed by atoms with Crippen molar-refractivity contribution in [1.82, 2.24) is 14.8 Å². The van der Waals surface area contributed by atoms with Crippen LogP contribution >= 0.6 is 0 Å². The largest absolute Gasteiger partial charge is 0.439 e. The molecule has 0 aliphatic carbocycles. The second-order valence-electron chi connectivity index (χ2n) is 6.44. The Hall–Kier alpha value is -3.16. The van der Waals surface area contributed by atoms with Gasteiger partial charge in [0.1, 0.15) is 11.5 Å². The Bertz CT molecular complexity index is 855. The van der Waals surface area contributed by atoms with Crippen molar-refractivity contribution in [3.05, 3.63) is 48.0 Å². The van der Waals surface area contributed by atoms with Crippen molar-refractivity contribution in [1.29, 1.82) is 0 Å². The molecule has 7 nitrogen and oxygen atoms in total. The first-order valence-corrected chi connectivity index (χ1v) is 8.22. The van der Waals surface area contributed by atoms with E-state index in [1.807, 2.05) is 0 Å². The number of benzene rings is 1. The Balaban J connectivity index is 1.35. The summed E-state index contributed by atoms with van der Waals surface area (Å²) in [4.78, 5) is 41.1. The summed E-state index contributed by atoms with van der Waals surface area (Å²) in [6.07, 6.45) is 1.09. The Morgan fingerprint density at radius 1 is 1.19 bits per heavy atom. The number of aromatic amines is 1. The van der Waals surface area contributed by atoms with Crippen LogP contribution in [0.5, 0.6) is 0 Å². The van der Waals surface area contributed by atoms with Crippen molar-refractivity contribution in [2.75, 3.05) is 26.2 Å². The Morgan fingerprint density at radius 3 is 2.58 bits per heavy atom. The van der Waals surface area contributed by atoms with Crippen LogP contribution in [0.3, 0.4) is 0 Å². The number of ether oxygens (including phenoxy) is 1. The highest BCUT2D eigenvalue weighted by molar-refractivity contribution is 5.98. The molecule has 2 fully saturated rings. The van der Waals surface area contributed by atoms with E-state index in [-0.39, 0.29) is 36.7 Å². The Morgan fingerprint density at radius 2 is 1.92 bits per heavy atom. The summed E-state index contributed by atoms with van der Waals surface area (Å²) in [7, 11) is 0. The number of imide groups is 1. The molecule has 3 heterocycles. The highest BCUT2D eigenvalue weighted by atomic mass is 19.1. The van der Waals surface area contributed by atoms with E-state index in [4.69, 9.17) is 0 Å². The van der Waals surface area contributed by atoms with Crippen molar-refractivity contribution >= 4 is 17.9 Å². The predicted molar refractivity (Wildman–Crippen MR) is 88.6 cm³/mol. The summed E-state index contributed by atoms with van der Waals surface area (Å²) in [5.41, 5.74) is 2.06. The molecule has 26 heavy (non-hydrogen) atoms. The predicted octanol–water partition coefficient (Wildman–Crippen LogP) is 1.87. The number of amides is 3. The number of nitrogens with one attached hydrogen (secondary N) is 1. The average Bonchev–Trinajstić information content (AvgIpc) is 3.19. The van der Waals surface area contributed by atoms with Crippen molar-refractivity contribution in [3.8, 4) is 11.1 Å². The van der Waals surface area contributed by atoms with E-state index in [2.05, 4.69) is 9.72 Å². The number of carbonyl (C=O) groups excluding carboxylic acids is 3. The third-order valence-electron chi connectivity index (χ3n) is 4.62. The number of halogens is 1. The summed E-state index contributed by atoms with van der Waals surface area (Å²) in [5, 5.41) is 0. The van der Waals surface area contributed by atoms with Gasteiger partial charge in [-0.25, -0.2) is 14.1 Å². The molecule has 1 aromatic carbocycles. The summed E-state index contributed by atoms with van der Waals surface area (Å²) < 4.78 is 17.7. The summed E-state index contributed by atoms with van der Waals surface area (Å²) in [6, 6.07) is 7.77. The zero-order chi connectivity index (χ0) is 18.3. The van der Waals surface area contributed by atoms with Gasteiger partial charge in [0.15, 0.2) is 6.61 Å². The molecular weight excluding hydrogens is 341 g/mol. The molecule has 2 aliphatic heterocycles. The molecule has 8 heteroatoms. The van der Waals surface area contributed by atoms with E-state index >= 15 is 0 Å². The quantitative estimate of drug-likeness (QED) is 0.906. The molecule has 2 aliphatic rings. The monoisotopic (exact) mass is 357 g/mol. The van der Waals surface area contributed by atoms with Crippen LogP contribution < -0.4 is 0 Å². The Labute approximate surface area is 148 Å². The minimum atomic E-state index is -0.618. The molecule has 0 atom stereocenters. The highest BCUT2D eigenvalue weighted by Gasteiger charge is 2.38. The van der Waals surface area contributed by atoms with E-state index < -0.39 is 6.09 Å². The standard InChI is InChI=1S/C18H16FN3O4/c19-14-3-1-12(2-4-14)13-5-15(20-6-13)17(24)21-7-11(8-21)9-22-16(23)10-26-18(22)25/h1-6,11,20H,7-10H2. The molecule has 2 aromatic rings. The number of H-pyrrole nitrogens is 1. The SMILES string of the molecule is O=C(c1cc(-c2ccc(F)cc2)c[nH]1)N1CC(CN2C(=O)COC2=O)C1. The minimum Gasteiger partial charge on any atom is -0.439 e. The summed E-state index contributed by atoms with van der Waals surface area (Å²) in [6.45, 7) is 1.01. The van der Waals surface area contributed by atoms with Gasteiger partial charge in [-0.05, 0) is 29.3 Å². The molecular formula is C18H16FN3O4. The van der Waals surface area contributed by atoms with Gasteiger partial charge in [-0.2, -0.15) is 0 Å². The number of hydrogen-bond acceptors (Lipinski definition) is 4. The first kappa shape index (κ1) is 16.3. The molecule has 4 rings (SSSR count).